The number of rotatable bonds is 4. The van der Waals surface area contributed by atoms with Crippen LogP contribution in [-0.4, -0.2) is 37.8 Å². The highest BCUT2D eigenvalue weighted by molar-refractivity contribution is 5.60. The van der Waals surface area contributed by atoms with Gasteiger partial charge in [0.25, 0.3) is 5.69 Å². The molecule has 0 radical (unpaired) electrons. The molecule has 8 heteroatoms. The average Bonchev–Trinajstić information content (AvgIpc) is 3.14. The lowest BCUT2D eigenvalue weighted by molar-refractivity contribution is -0.384. The minimum atomic E-state index is -0.404. The average molecular weight is 378 g/mol. The van der Waals surface area contributed by atoms with Gasteiger partial charge in [-0.3, -0.25) is 14.8 Å². The molecule has 1 aromatic carbocycles. The van der Waals surface area contributed by atoms with E-state index >= 15 is 0 Å². The number of piperidine rings is 1. The Morgan fingerprint density at radius 1 is 1.14 bits per heavy atom. The maximum Gasteiger partial charge on any atom is 0.269 e. The SMILES string of the molecule is Cc1cc(N2CCC(c3cnn(C)c3)CC2)nc(-c2ccc([N+](=O)[O-])cc2)n1. The summed E-state index contributed by atoms with van der Waals surface area (Å²) in [5.41, 5.74) is 3.02. The Balaban J connectivity index is 1.52. The van der Waals surface area contributed by atoms with Gasteiger partial charge in [0.15, 0.2) is 5.82 Å². The molecule has 0 spiro atoms. The first-order chi connectivity index (χ1) is 13.5. The molecule has 4 rings (SSSR count). The summed E-state index contributed by atoms with van der Waals surface area (Å²) in [6, 6.07) is 8.37. The fraction of sp³-hybridized carbons (Fsp3) is 0.350. The van der Waals surface area contributed by atoms with Crippen LogP contribution >= 0.6 is 0 Å². The number of hydrogen-bond donors (Lipinski definition) is 0. The van der Waals surface area contributed by atoms with Gasteiger partial charge in [-0.2, -0.15) is 5.10 Å². The molecule has 1 aliphatic heterocycles. The maximum atomic E-state index is 10.9. The second-order valence-electron chi connectivity index (χ2n) is 7.20. The van der Waals surface area contributed by atoms with E-state index in [1.54, 1.807) is 12.1 Å². The van der Waals surface area contributed by atoms with E-state index in [4.69, 9.17) is 4.98 Å². The Kier molecular flexibility index (Phi) is 4.77. The molecule has 2 aromatic heterocycles. The number of aromatic nitrogens is 4. The second kappa shape index (κ2) is 7.38. The standard InChI is InChI=1S/C20H22N6O2/c1-14-11-19(23-20(22-14)16-3-5-18(6-4-16)26(27)28)25-9-7-15(8-10-25)17-12-21-24(2)13-17/h3-6,11-13,15H,7-10H2,1-2H3. The topological polar surface area (TPSA) is 90.0 Å². The smallest absolute Gasteiger partial charge is 0.269 e. The molecule has 3 aromatic rings. The molecule has 144 valence electrons. The highest BCUT2D eigenvalue weighted by Crippen LogP contribution is 2.30. The van der Waals surface area contributed by atoms with Crippen LogP contribution in [0.25, 0.3) is 11.4 Å². The van der Waals surface area contributed by atoms with E-state index in [0.29, 0.717) is 11.7 Å². The van der Waals surface area contributed by atoms with Crippen molar-refractivity contribution < 1.29 is 4.92 Å². The van der Waals surface area contributed by atoms with Gasteiger partial charge in [-0.15, -0.1) is 0 Å². The van der Waals surface area contributed by atoms with Crippen molar-refractivity contribution in [3.05, 3.63) is 64.1 Å². The van der Waals surface area contributed by atoms with Crippen LogP contribution in [0.2, 0.25) is 0 Å². The number of hydrogen-bond acceptors (Lipinski definition) is 6. The predicted octanol–water partition coefficient (Wildman–Crippen LogP) is 3.48. The first-order valence-electron chi connectivity index (χ1n) is 9.33. The van der Waals surface area contributed by atoms with Crippen LogP contribution in [0.4, 0.5) is 11.5 Å². The summed E-state index contributed by atoms with van der Waals surface area (Å²) in [7, 11) is 1.95. The maximum absolute atomic E-state index is 10.9. The van der Waals surface area contributed by atoms with Crippen molar-refractivity contribution in [2.45, 2.75) is 25.7 Å². The van der Waals surface area contributed by atoms with Gasteiger partial charge in [0, 0.05) is 55.8 Å². The number of nitrogens with zero attached hydrogens (tertiary/aromatic N) is 6. The minimum Gasteiger partial charge on any atom is -0.356 e. The normalized spacial score (nSPS) is 15.0. The number of nitro benzene ring substituents is 1. The Hall–Kier alpha value is -3.29. The predicted molar refractivity (Wildman–Crippen MR) is 106 cm³/mol. The summed E-state index contributed by atoms with van der Waals surface area (Å²) in [4.78, 5) is 22.0. The first kappa shape index (κ1) is 18.1. The van der Waals surface area contributed by atoms with Gasteiger partial charge in [-0.25, -0.2) is 9.97 Å². The van der Waals surface area contributed by atoms with Crippen LogP contribution in [0.5, 0.6) is 0 Å². The monoisotopic (exact) mass is 378 g/mol. The van der Waals surface area contributed by atoms with Crippen molar-refractivity contribution in [3.8, 4) is 11.4 Å². The highest BCUT2D eigenvalue weighted by atomic mass is 16.6. The van der Waals surface area contributed by atoms with Crippen molar-refractivity contribution in [1.82, 2.24) is 19.7 Å². The molecule has 0 amide bonds. The van der Waals surface area contributed by atoms with Crippen LogP contribution in [0.3, 0.4) is 0 Å². The number of non-ortho nitro benzene ring substituents is 1. The van der Waals surface area contributed by atoms with E-state index in [2.05, 4.69) is 21.2 Å². The van der Waals surface area contributed by atoms with E-state index in [-0.39, 0.29) is 5.69 Å². The Morgan fingerprint density at radius 3 is 2.46 bits per heavy atom. The summed E-state index contributed by atoms with van der Waals surface area (Å²) < 4.78 is 1.85. The second-order valence-corrected chi connectivity index (χ2v) is 7.20. The molecule has 28 heavy (non-hydrogen) atoms. The molecule has 3 heterocycles. The molecule has 0 bridgehead atoms. The van der Waals surface area contributed by atoms with Crippen LogP contribution in [0, 0.1) is 17.0 Å². The number of anilines is 1. The summed E-state index contributed by atoms with van der Waals surface area (Å²) in [5, 5.41) is 15.1. The quantitative estimate of drug-likeness (QED) is 0.510. The summed E-state index contributed by atoms with van der Waals surface area (Å²) in [6.07, 6.45) is 6.17. The first-order valence-corrected chi connectivity index (χ1v) is 9.33. The molecule has 1 saturated heterocycles. The Morgan fingerprint density at radius 2 is 1.86 bits per heavy atom. The lowest BCUT2D eigenvalue weighted by atomic mass is 9.91. The summed E-state index contributed by atoms with van der Waals surface area (Å²) in [6.45, 7) is 3.80. The van der Waals surface area contributed by atoms with Gasteiger partial charge in [0.1, 0.15) is 5.82 Å². The zero-order valence-corrected chi connectivity index (χ0v) is 15.9. The van der Waals surface area contributed by atoms with Gasteiger partial charge in [0.2, 0.25) is 0 Å². The fourth-order valence-electron chi connectivity index (χ4n) is 3.67. The van der Waals surface area contributed by atoms with Crippen molar-refractivity contribution in [1.29, 1.82) is 0 Å². The van der Waals surface area contributed by atoms with Crippen molar-refractivity contribution in [2.24, 2.45) is 7.05 Å². The molecule has 1 fully saturated rings. The minimum absolute atomic E-state index is 0.0640. The molecule has 1 aliphatic rings. The van der Waals surface area contributed by atoms with E-state index in [0.717, 1.165) is 43.0 Å². The molecule has 0 N–H and O–H groups in total. The van der Waals surface area contributed by atoms with E-state index < -0.39 is 4.92 Å². The molecule has 8 nitrogen and oxygen atoms in total. The van der Waals surface area contributed by atoms with Crippen molar-refractivity contribution in [3.63, 3.8) is 0 Å². The number of benzene rings is 1. The molecule has 0 unspecified atom stereocenters. The molecule has 0 saturated carbocycles. The Labute approximate surface area is 163 Å². The van der Waals surface area contributed by atoms with E-state index in [1.165, 1.54) is 17.7 Å². The third kappa shape index (κ3) is 3.71. The van der Waals surface area contributed by atoms with Gasteiger partial charge >= 0.3 is 0 Å². The fourth-order valence-corrected chi connectivity index (χ4v) is 3.67. The molecular weight excluding hydrogens is 356 g/mol. The highest BCUT2D eigenvalue weighted by Gasteiger charge is 2.23. The number of nitro groups is 1. The van der Waals surface area contributed by atoms with Gasteiger partial charge in [-0.1, -0.05) is 0 Å². The largest absolute Gasteiger partial charge is 0.356 e. The van der Waals surface area contributed by atoms with Gasteiger partial charge < -0.3 is 4.90 Å². The van der Waals surface area contributed by atoms with Crippen LogP contribution in [0.15, 0.2) is 42.7 Å². The molecule has 0 aliphatic carbocycles. The van der Waals surface area contributed by atoms with Crippen LogP contribution in [0.1, 0.15) is 30.0 Å². The lowest BCUT2D eigenvalue weighted by Crippen LogP contribution is -2.33. The molecule has 0 atom stereocenters. The third-order valence-electron chi connectivity index (χ3n) is 5.19. The van der Waals surface area contributed by atoms with Crippen molar-refractivity contribution in [2.75, 3.05) is 18.0 Å². The van der Waals surface area contributed by atoms with E-state index in [9.17, 15) is 10.1 Å². The zero-order valence-electron chi connectivity index (χ0n) is 15.9. The Bertz CT molecular complexity index is 990. The third-order valence-corrected chi connectivity index (χ3v) is 5.19. The lowest BCUT2D eigenvalue weighted by Gasteiger charge is -2.32. The summed E-state index contributed by atoms with van der Waals surface area (Å²) in [5.74, 6) is 2.03. The van der Waals surface area contributed by atoms with Crippen LogP contribution in [-0.2, 0) is 7.05 Å². The van der Waals surface area contributed by atoms with Gasteiger partial charge in [0.05, 0.1) is 11.1 Å². The molecular formula is C20H22N6O2. The van der Waals surface area contributed by atoms with Gasteiger partial charge in [-0.05, 0) is 43.4 Å². The number of aryl methyl sites for hydroxylation is 2. The summed E-state index contributed by atoms with van der Waals surface area (Å²) >= 11 is 0. The van der Waals surface area contributed by atoms with Crippen LogP contribution < -0.4 is 4.90 Å². The zero-order chi connectivity index (χ0) is 19.7. The van der Waals surface area contributed by atoms with Crippen molar-refractivity contribution >= 4 is 11.5 Å². The van der Waals surface area contributed by atoms with E-state index in [1.807, 2.05) is 30.9 Å².